The van der Waals surface area contributed by atoms with Crippen molar-refractivity contribution in [2.45, 2.75) is 46.1 Å². The highest BCUT2D eigenvalue weighted by atomic mass is 16.5. The van der Waals surface area contributed by atoms with Gasteiger partial charge in [-0.2, -0.15) is 0 Å². The number of ether oxygens (including phenoxy) is 1. The van der Waals surface area contributed by atoms with Gasteiger partial charge in [-0.1, -0.05) is 27.2 Å². The van der Waals surface area contributed by atoms with Gasteiger partial charge in [0.05, 0.1) is 19.3 Å². The van der Waals surface area contributed by atoms with Crippen molar-refractivity contribution < 1.29 is 9.53 Å². The molecule has 1 aromatic heterocycles. The van der Waals surface area contributed by atoms with Crippen LogP contribution in [-0.2, 0) is 16.0 Å². The molecule has 0 bridgehead atoms. The van der Waals surface area contributed by atoms with Crippen molar-refractivity contribution in [2.75, 3.05) is 13.2 Å². The monoisotopic (exact) mass is 290 g/mol. The van der Waals surface area contributed by atoms with Crippen molar-refractivity contribution in [1.82, 2.24) is 10.3 Å². The second-order valence-electron chi connectivity index (χ2n) is 6.57. The molecular formula is C17H26N2O2. The van der Waals surface area contributed by atoms with Crippen molar-refractivity contribution in [3.8, 4) is 0 Å². The highest BCUT2D eigenvalue weighted by molar-refractivity contribution is 5.82. The van der Waals surface area contributed by atoms with Crippen molar-refractivity contribution in [3.63, 3.8) is 0 Å². The quantitative estimate of drug-likeness (QED) is 0.876. The van der Waals surface area contributed by atoms with Crippen molar-refractivity contribution in [3.05, 3.63) is 30.1 Å². The molecule has 1 aliphatic heterocycles. The minimum atomic E-state index is -0.307. The number of hydrogen-bond donors (Lipinski definition) is 1. The fraction of sp³-hybridized carbons (Fsp3) is 0.647. The van der Waals surface area contributed by atoms with Gasteiger partial charge in [0.15, 0.2) is 0 Å². The lowest BCUT2D eigenvalue weighted by molar-refractivity contribution is -0.130. The largest absolute Gasteiger partial charge is 0.379 e. The zero-order valence-corrected chi connectivity index (χ0v) is 13.3. The zero-order valence-electron chi connectivity index (χ0n) is 13.3. The number of carbonyl (C=O) groups excluding carboxylic acids is 1. The van der Waals surface area contributed by atoms with Gasteiger partial charge in [0.1, 0.15) is 0 Å². The molecule has 21 heavy (non-hydrogen) atoms. The van der Waals surface area contributed by atoms with Crippen LogP contribution in [-0.4, -0.2) is 30.1 Å². The Morgan fingerprint density at radius 3 is 2.76 bits per heavy atom. The summed E-state index contributed by atoms with van der Waals surface area (Å²) in [5.74, 6) is 0.480. The van der Waals surface area contributed by atoms with Crippen LogP contribution in [0, 0.1) is 11.3 Å². The molecule has 0 aromatic carbocycles. The van der Waals surface area contributed by atoms with Gasteiger partial charge in [0.25, 0.3) is 0 Å². The van der Waals surface area contributed by atoms with Gasteiger partial charge in [-0.25, -0.2) is 0 Å². The van der Waals surface area contributed by atoms with Crippen molar-refractivity contribution >= 4 is 5.91 Å². The summed E-state index contributed by atoms with van der Waals surface area (Å²) in [5, 5.41) is 3.19. The van der Waals surface area contributed by atoms with Gasteiger partial charge < -0.3 is 10.1 Å². The normalized spacial score (nSPS) is 22.2. The van der Waals surface area contributed by atoms with Gasteiger partial charge in [-0.3, -0.25) is 9.78 Å². The van der Waals surface area contributed by atoms with Crippen LogP contribution in [0.1, 0.15) is 39.2 Å². The third-order valence-electron chi connectivity index (χ3n) is 4.25. The van der Waals surface area contributed by atoms with E-state index < -0.39 is 0 Å². The third kappa shape index (κ3) is 4.27. The molecule has 0 spiro atoms. The number of nitrogens with zero attached hydrogens (tertiary/aromatic N) is 1. The molecule has 1 amide bonds. The van der Waals surface area contributed by atoms with Crippen molar-refractivity contribution in [2.24, 2.45) is 11.3 Å². The average Bonchev–Trinajstić information content (AvgIpc) is 2.87. The Kier molecular flexibility index (Phi) is 5.34. The topological polar surface area (TPSA) is 51.2 Å². The van der Waals surface area contributed by atoms with E-state index in [1.807, 2.05) is 38.4 Å². The Labute approximate surface area is 127 Å². The second-order valence-corrected chi connectivity index (χ2v) is 6.57. The van der Waals surface area contributed by atoms with Crippen LogP contribution >= 0.6 is 0 Å². The predicted octanol–water partition coefficient (Wildman–Crippen LogP) is 2.58. The molecule has 2 rings (SSSR count). The SMILES string of the molecule is CCCC(C)(C)C(=O)N[C@@H]1COC[C@H]1Cc1ccncc1. The molecular weight excluding hydrogens is 264 g/mol. The summed E-state index contributed by atoms with van der Waals surface area (Å²) < 4.78 is 5.59. The Hall–Kier alpha value is -1.42. The Balaban J connectivity index is 1.94. The molecule has 1 fully saturated rings. The lowest BCUT2D eigenvalue weighted by Crippen LogP contribution is -2.46. The zero-order chi connectivity index (χ0) is 15.3. The molecule has 1 N–H and O–H groups in total. The van der Waals surface area contributed by atoms with Crippen LogP contribution in [0.5, 0.6) is 0 Å². The molecule has 0 aliphatic carbocycles. The summed E-state index contributed by atoms with van der Waals surface area (Å²) in [5.41, 5.74) is 0.936. The molecule has 0 saturated carbocycles. The molecule has 1 saturated heterocycles. The minimum absolute atomic E-state index is 0.113. The smallest absolute Gasteiger partial charge is 0.225 e. The number of nitrogens with one attached hydrogen (secondary N) is 1. The number of aromatic nitrogens is 1. The third-order valence-corrected chi connectivity index (χ3v) is 4.25. The van der Waals surface area contributed by atoms with Crippen LogP contribution in [0.2, 0.25) is 0 Å². The van der Waals surface area contributed by atoms with E-state index in [0.29, 0.717) is 19.1 Å². The predicted molar refractivity (Wildman–Crippen MR) is 82.9 cm³/mol. The van der Waals surface area contributed by atoms with Gasteiger partial charge >= 0.3 is 0 Å². The molecule has 116 valence electrons. The van der Waals surface area contributed by atoms with E-state index in [1.165, 1.54) is 5.56 Å². The fourth-order valence-electron chi connectivity index (χ4n) is 2.88. The Bertz CT molecular complexity index is 459. The second kappa shape index (κ2) is 7.03. The first kappa shape index (κ1) is 16.0. The number of hydrogen-bond acceptors (Lipinski definition) is 3. The number of pyridine rings is 1. The first-order valence-corrected chi connectivity index (χ1v) is 7.80. The van der Waals surface area contributed by atoms with E-state index in [2.05, 4.69) is 17.2 Å². The summed E-state index contributed by atoms with van der Waals surface area (Å²) in [6.45, 7) is 7.46. The summed E-state index contributed by atoms with van der Waals surface area (Å²) >= 11 is 0. The standard InChI is InChI=1S/C17H26N2O2/c1-4-7-17(2,3)16(20)19-15-12-21-11-14(15)10-13-5-8-18-9-6-13/h5-6,8-9,14-15H,4,7,10-12H2,1-3H3,(H,19,20)/t14-,15-/m1/s1. The van der Waals surface area contributed by atoms with Crippen molar-refractivity contribution in [1.29, 1.82) is 0 Å². The number of amides is 1. The fourth-order valence-corrected chi connectivity index (χ4v) is 2.88. The molecule has 4 nitrogen and oxygen atoms in total. The maximum atomic E-state index is 12.4. The number of rotatable bonds is 6. The Morgan fingerprint density at radius 2 is 2.10 bits per heavy atom. The first-order valence-electron chi connectivity index (χ1n) is 7.80. The van der Waals surface area contributed by atoms with Crippen LogP contribution < -0.4 is 5.32 Å². The summed E-state index contributed by atoms with van der Waals surface area (Å²) in [7, 11) is 0. The Morgan fingerprint density at radius 1 is 1.38 bits per heavy atom. The maximum absolute atomic E-state index is 12.4. The highest BCUT2D eigenvalue weighted by Gasteiger charge is 2.34. The molecule has 1 aliphatic rings. The molecule has 1 aromatic rings. The minimum Gasteiger partial charge on any atom is -0.379 e. The maximum Gasteiger partial charge on any atom is 0.225 e. The molecule has 0 unspecified atom stereocenters. The van der Waals surface area contributed by atoms with Gasteiger partial charge in [0, 0.05) is 23.7 Å². The van der Waals surface area contributed by atoms with Gasteiger partial charge in [-0.15, -0.1) is 0 Å². The molecule has 0 radical (unpaired) electrons. The molecule has 4 heteroatoms. The van der Waals surface area contributed by atoms with Crippen LogP contribution in [0.15, 0.2) is 24.5 Å². The summed E-state index contributed by atoms with van der Waals surface area (Å²) in [6, 6.07) is 4.16. The van der Waals surface area contributed by atoms with E-state index in [0.717, 1.165) is 19.3 Å². The highest BCUT2D eigenvalue weighted by Crippen LogP contribution is 2.25. The summed E-state index contributed by atoms with van der Waals surface area (Å²) in [4.78, 5) is 16.5. The van der Waals surface area contributed by atoms with E-state index in [1.54, 1.807) is 0 Å². The van der Waals surface area contributed by atoms with E-state index in [4.69, 9.17) is 4.74 Å². The van der Waals surface area contributed by atoms with E-state index in [9.17, 15) is 4.79 Å². The van der Waals surface area contributed by atoms with Crippen LogP contribution in [0.3, 0.4) is 0 Å². The average molecular weight is 290 g/mol. The van der Waals surface area contributed by atoms with Gasteiger partial charge in [0.2, 0.25) is 5.91 Å². The lowest BCUT2D eigenvalue weighted by atomic mass is 9.86. The van der Waals surface area contributed by atoms with E-state index in [-0.39, 0.29) is 17.4 Å². The lowest BCUT2D eigenvalue weighted by Gasteiger charge is -2.27. The van der Waals surface area contributed by atoms with Crippen LogP contribution in [0.25, 0.3) is 0 Å². The van der Waals surface area contributed by atoms with Crippen LogP contribution in [0.4, 0.5) is 0 Å². The first-order chi connectivity index (χ1) is 10.0. The summed E-state index contributed by atoms with van der Waals surface area (Å²) in [6.07, 6.45) is 6.46. The molecule has 2 heterocycles. The number of carbonyl (C=O) groups is 1. The van der Waals surface area contributed by atoms with E-state index >= 15 is 0 Å². The van der Waals surface area contributed by atoms with Gasteiger partial charge in [-0.05, 0) is 30.5 Å². The molecule has 2 atom stereocenters.